The summed E-state index contributed by atoms with van der Waals surface area (Å²) in [6.07, 6.45) is 0. The molecule has 0 radical (unpaired) electrons. The molecule has 0 bridgehead atoms. The molecule has 0 aliphatic heterocycles. The van der Waals surface area contributed by atoms with Crippen LogP contribution in [-0.2, 0) is 10.8 Å². The Hall–Kier alpha value is -5.72. The quantitative estimate of drug-likeness (QED) is 0.161. The lowest BCUT2D eigenvalue weighted by Crippen LogP contribution is -2.15. The highest BCUT2D eigenvalue weighted by atomic mass is 14.4. The summed E-state index contributed by atoms with van der Waals surface area (Å²) >= 11 is 0. The molecule has 2 aliphatic rings. The Bertz CT molecular complexity index is 2840. The lowest BCUT2D eigenvalue weighted by atomic mass is 9.79. The van der Waals surface area contributed by atoms with E-state index in [-0.39, 0.29) is 10.8 Å². The number of hydrogen-bond acceptors (Lipinski definition) is 0. The van der Waals surface area contributed by atoms with Crippen molar-refractivity contribution in [2.75, 3.05) is 0 Å². The van der Waals surface area contributed by atoms with Gasteiger partial charge in [-0.15, -0.1) is 0 Å². The third-order valence-electron chi connectivity index (χ3n) is 13.0. The molecule has 0 heteroatoms. The molecule has 0 aromatic heterocycles. The van der Waals surface area contributed by atoms with Crippen molar-refractivity contribution in [1.29, 1.82) is 0 Å². The Morgan fingerprint density at radius 3 is 1.46 bits per heavy atom. The van der Waals surface area contributed by atoms with Crippen LogP contribution in [0.15, 0.2) is 146 Å². The van der Waals surface area contributed by atoms with Gasteiger partial charge in [-0.25, -0.2) is 0 Å². The average Bonchev–Trinajstić information content (AvgIpc) is 3.55. The molecular formula is C54H46. The van der Waals surface area contributed by atoms with Crippen molar-refractivity contribution in [3.05, 3.63) is 179 Å². The normalized spacial score (nSPS) is 14.7. The van der Waals surface area contributed by atoms with Crippen LogP contribution in [0.3, 0.4) is 0 Å². The SMILES string of the molecule is Cc1cccc2c(-c3ccc4c(c3)C(C)(C)c3cc(-c5ccc6c(c5)C(C)(C)c5ccccc5-6)ccc3-4)c3ccccc3c(-c3ccc(C(C)C)cc3)c12. The van der Waals surface area contributed by atoms with Crippen LogP contribution in [0, 0.1) is 6.92 Å². The maximum atomic E-state index is 2.50. The topological polar surface area (TPSA) is 0 Å². The van der Waals surface area contributed by atoms with Crippen molar-refractivity contribution in [2.24, 2.45) is 0 Å². The van der Waals surface area contributed by atoms with E-state index in [2.05, 4.69) is 194 Å². The molecule has 0 saturated heterocycles. The number of benzene rings is 8. The third kappa shape index (κ3) is 4.62. The van der Waals surface area contributed by atoms with Crippen LogP contribution in [0.2, 0.25) is 0 Å². The van der Waals surface area contributed by atoms with Crippen LogP contribution in [-0.4, -0.2) is 0 Å². The lowest BCUT2D eigenvalue weighted by Gasteiger charge is -2.24. The van der Waals surface area contributed by atoms with Gasteiger partial charge in [0.25, 0.3) is 0 Å². The first-order valence-electron chi connectivity index (χ1n) is 19.6. The van der Waals surface area contributed by atoms with Crippen molar-refractivity contribution < 1.29 is 0 Å². The Labute approximate surface area is 320 Å². The van der Waals surface area contributed by atoms with Gasteiger partial charge >= 0.3 is 0 Å². The number of rotatable bonds is 4. The molecular weight excluding hydrogens is 649 g/mol. The summed E-state index contributed by atoms with van der Waals surface area (Å²) in [6, 6.07) is 55.6. The highest BCUT2D eigenvalue weighted by molar-refractivity contribution is 6.22. The van der Waals surface area contributed by atoms with E-state index in [0.717, 1.165) is 0 Å². The van der Waals surface area contributed by atoms with Crippen LogP contribution in [0.4, 0.5) is 0 Å². The van der Waals surface area contributed by atoms with Crippen molar-refractivity contribution in [1.82, 2.24) is 0 Å². The second-order valence-electron chi connectivity index (χ2n) is 17.1. The predicted molar refractivity (Wildman–Crippen MR) is 232 cm³/mol. The maximum absolute atomic E-state index is 2.50. The van der Waals surface area contributed by atoms with Crippen LogP contribution in [0.1, 0.15) is 80.8 Å². The molecule has 0 nitrogen and oxygen atoms in total. The van der Waals surface area contributed by atoms with Gasteiger partial charge in [0.2, 0.25) is 0 Å². The van der Waals surface area contributed by atoms with E-state index in [1.54, 1.807) is 0 Å². The summed E-state index contributed by atoms with van der Waals surface area (Å²) < 4.78 is 0. The highest BCUT2D eigenvalue weighted by Crippen LogP contribution is 2.54. The van der Waals surface area contributed by atoms with E-state index in [4.69, 9.17) is 0 Å². The Morgan fingerprint density at radius 2 is 0.852 bits per heavy atom. The van der Waals surface area contributed by atoms with E-state index in [1.807, 2.05) is 0 Å². The minimum Gasteiger partial charge on any atom is -0.0619 e. The number of fused-ring (bicyclic) bond motifs is 8. The first-order valence-corrected chi connectivity index (χ1v) is 19.6. The van der Waals surface area contributed by atoms with Crippen LogP contribution >= 0.6 is 0 Å². The molecule has 8 aromatic rings. The molecule has 262 valence electrons. The average molecular weight is 695 g/mol. The van der Waals surface area contributed by atoms with Gasteiger partial charge in [0.05, 0.1) is 0 Å². The van der Waals surface area contributed by atoms with E-state index in [0.29, 0.717) is 5.92 Å². The van der Waals surface area contributed by atoms with Gasteiger partial charge in [-0.3, -0.25) is 0 Å². The van der Waals surface area contributed by atoms with Crippen molar-refractivity contribution in [2.45, 2.75) is 65.2 Å². The molecule has 0 heterocycles. The first kappa shape index (κ1) is 32.9. The zero-order chi connectivity index (χ0) is 37.1. The molecule has 0 atom stereocenters. The smallest absolute Gasteiger partial charge is 0.0159 e. The van der Waals surface area contributed by atoms with Crippen LogP contribution < -0.4 is 0 Å². The maximum Gasteiger partial charge on any atom is 0.0159 e. The van der Waals surface area contributed by atoms with E-state index >= 15 is 0 Å². The van der Waals surface area contributed by atoms with Crippen molar-refractivity contribution in [3.63, 3.8) is 0 Å². The highest BCUT2D eigenvalue weighted by Gasteiger charge is 2.38. The zero-order valence-corrected chi connectivity index (χ0v) is 32.4. The van der Waals surface area contributed by atoms with E-state index in [9.17, 15) is 0 Å². The Kier molecular flexibility index (Phi) is 7.09. The molecule has 10 rings (SSSR count). The minimum atomic E-state index is -0.150. The van der Waals surface area contributed by atoms with E-state index < -0.39 is 0 Å². The second kappa shape index (κ2) is 11.6. The molecule has 8 aromatic carbocycles. The van der Waals surface area contributed by atoms with Gasteiger partial charge < -0.3 is 0 Å². The van der Waals surface area contributed by atoms with Gasteiger partial charge in [-0.05, 0) is 142 Å². The molecule has 0 N–H and O–H groups in total. The fourth-order valence-corrected chi connectivity index (χ4v) is 10.0. The summed E-state index contributed by atoms with van der Waals surface area (Å²) in [5.74, 6) is 0.503. The largest absolute Gasteiger partial charge is 0.0619 e. The zero-order valence-electron chi connectivity index (χ0n) is 32.4. The third-order valence-corrected chi connectivity index (χ3v) is 13.0. The minimum absolute atomic E-state index is 0.0198. The number of hydrogen-bond donors (Lipinski definition) is 0. The monoisotopic (exact) mass is 694 g/mol. The summed E-state index contributed by atoms with van der Waals surface area (Å²) in [6.45, 7) is 16.4. The molecule has 2 aliphatic carbocycles. The first-order chi connectivity index (χ1) is 26.0. The summed E-state index contributed by atoms with van der Waals surface area (Å²) in [4.78, 5) is 0. The molecule has 0 fully saturated rings. The van der Waals surface area contributed by atoms with Gasteiger partial charge in [0.15, 0.2) is 0 Å². The Balaban J connectivity index is 1.11. The molecule has 0 amide bonds. The van der Waals surface area contributed by atoms with Crippen molar-refractivity contribution in [3.8, 4) is 55.6 Å². The van der Waals surface area contributed by atoms with Crippen LogP contribution in [0.5, 0.6) is 0 Å². The summed E-state index contributed by atoms with van der Waals surface area (Å²) in [7, 11) is 0. The van der Waals surface area contributed by atoms with Crippen molar-refractivity contribution >= 4 is 21.5 Å². The van der Waals surface area contributed by atoms with Crippen LogP contribution in [0.25, 0.3) is 77.2 Å². The predicted octanol–water partition coefficient (Wildman–Crippen LogP) is 15.0. The standard InChI is InChI=1S/C54H46/c1-32(2)34-19-21-35(22-20-34)52-44-16-9-8-15-43(44)51(45-17-12-13-33(3)50(45)52)38-25-28-42-41-27-24-37(30-48(41)54(6,7)49(42)31-38)36-23-26-40-39-14-10-11-18-46(39)53(4,5)47(40)29-36/h8-32H,1-7H3. The molecule has 0 saturated carbocycles. The van der Waals surface area contributed by atoms with Gasteiger partial charge in [0, 0.05) is 10.8 Å². The fourth-order valence-electron chi connectivity index (χ4n) is 10.0. The Morgan fingerprint density at radius 1 is 0.389 bits per heavy atom. The molecule has 0 unspecified atom stereocenters. The summed E-state index contributed by atoms with van der Waals surface area (Å²) in [5, 5.41) is 5.27. The van der Waals surface area contributed by atoms with Gasteiger partial charge in [-0.2, -0.15) is 0 Å². The number of aryl methyl sites for hydroxylation is 1. The fraction of sp³-hybridized carbons (Fsp3) is 0.185. The summed E-state index contributed by atoms with van der Waals surface area (Å²) in [5.41, 5.74) is 21.4. The van der Waals surface area contributed by atoms with Gasteiger partial charge in [0.1, 0.15) is 0 Å². The molecule has 54 heavy (non-hydrogen) atoms. The van der Waals surface area contributed by atoms with E-state index in [1.165, 1.54) is 111 Å². The molecule has 0 spiro atoms. The lowest BCUT2D eigenvalue weighted by molar-refractivity contribution is 0.659. The second-order valence-corrected chi connectivity index (χ2v) is 17.1. The van der Waals surface area contributed by atoms with Gasteiger partial charge in [-0.1, -0.05) is 169 Å².